The quantitative estimate of drug-likeness (QED) is 0.779. The molecule has 1 aliphatic heterocycles. The Morgan fingerprint density at radius 1 is 1.47 bits per heavy atom. The summed E-state index contributed by atoms with van der Waals surface area (Å²) in [6.07, 6.45) is 3.14. The number of pyridine rings is 1. The van der Waals surface area contributed by atoms with E-state index in [0.717, 1.165) is 32.3 Å². The van der Waals surface area contributed by atoms with Crippen LogP contribution in [0.1, 0.15) is 18.4 Å². The van der Waals surface area contributed by atoms with Crippen molar-refractivity contribution < 1.29 is 13.9 Å². The summed E-state index contributed by atoms with van der Waals surface area (Å²) in [6, 6.07) is 1.36. The molecule has 0 saturated carbocycles. The molecule has 1 aromatic heterocycles. The molecule has 1 aliphatic rings. The molecule has 1 fully saturated rings. The van der Waals surface area contributed by atoms with Crippen LogP contribution in [0.25, 0.3) is 0 Å². The zero-order valence-corrected chi connectivity index (χ0v) is 10.3. The number of alkyl halides is 1. The highest BCUT2D eigenvalue weighted by atomic mass is 35.5. The highest BCUT2D eigenvalue weighted by Crippen LogP contribution is 2.21. The summed E-state index contributed by atoms with van der Waals surface area (Å²) in [4.78, 5) is 3.92. The number of hydrogen-bond acceptors (Lipinski definition) is 3. The van der Waals surface area contributed by atoms with Gasteiger partial charge in [-0.15, -0.1) is 11.6 Å². The van der Waals surface area contributed by atoms with Crippen LogP contribution < -0.4 is 4.74 Å². The topological polar surface area (TPSA) is 31.4 Å². The van der Waals surface area contributed by atoms with Crippen LogP contribution in [0.3, 0.4) is 0 Å². The van der Waals surface area contributed by atoms with Gasteiger partial charge in [-0.25, -0.2) is 9.37 Å². The molecule has 94 valence electrons. The standard InChI is InChI=1S/C12H15ClFNO2/c13-6-10-5-11(14)7-15-12(10)17-8-9-1-3-16-4-2-9/h5,7,9H,1-4,6,8H2. The summed E-state index contributed by atoms with van der Waals surface area (Å²) < 4.78 is 23.8. The number of hydrogen-bond donors (Lipinski definition) is 0. The van der Waals surface area contributed by atoms with Crippen molar-refractivity contribution in [2.75, 3.05) is 19.8 Å². The van der Waals surface area contributed by atoms with Gasteiger partial charge in [-0.3, -0.25) is 0 Å². The van der Waals surface area contributed by atoms with E-state index in [9.17, 15) is 4.39 Å². The molecule has 0 bridgehead atoms. The van der Waals surface area contributed by atoms with Gasteiger partial charge < -0.3 is 9.47 Å². The summed E-state index contributed by atoms with van der Waals surface area (Å²) in [6.45, 7) is 2.16. The molecule has 17 heavy (non-hydrogen) atoms. The van der Waals surface area contributed by atoms with Gasteiger partial charge in [-0.1, -0.05) is 0 Å². The number of aromatic nitrogens is 1. The molecule has 0 N–H and O–H groups in total. The summed E-state index contributed by atoms with van der Waals surface area (Å²) in [5.41, 5.74) is 0.596. The molecule has 0 aliphatic carbocycles. The van der Waals surface area contributed by atoms with Gasteiger partial charge in [-0.2, -0.15) is 0 Å². The fraction of sp³-hybridized carbons (Fsp3) is 0.583. The Balaban J connectivity index is 1.93. The first-order chi connectivity index (χ1) is 8.29. The Morgan fingerprint density at radius 2 is 2.24 bits per heavy atom. The minimum Gasteiger partial charge on any atom is -0.477 e. The summed E-state index contributed by atoms with van der Waals surface area (Å²) >= 11 is 5.72. The molecule has 5 heteroatoms. The lowest BCUT2D eigenvalue weighted by Crippen LogP contribution is -2.22. The van der Waals surface area contributed by atoms with Gasteiger partial charge in [0.25, 0.3) is 0 Å². The molecule has 0 aromatic carbocycles. The van der Waals surface area contributed by atoms with Crippen LogP contribution in [-0.4, -0.2) is 24.8 Å². The average Bonchev–Trinajstić information content (AvgIpc) is 2.38. The van der Waals surface area contributed by atoms with Gasteiger partial charge >= 0.3 is 0 Å². The maximum atomic E-state index is 12.9. The van der Waals surface area contributed by atoms with E-state index in [4.69, 9.17) is 21.1 Å². The molecule has 0 atom stereocenters. The number of ether oxygens (including phenoxy) is 2. The van der Waals surface area contributed by atoms with Crippen LogP contribution in [0.4, 0.5) is 4.39 Å². The van der Waals surface area contributed by atoms with Gasteiger partial charge in [0.05, 0.1) is 18.7 Å². The van der Waals surface area contributed by atoms with Crippen LogP contribution in [-0.2, 0) is 10.6 Å². The van der Waals surface area contributed by atoms with Crippen LogP contribution in [0.5, 0.6) is 5.88 Å². The van der Waals surface area contributed by atoms with Crippen molar-refractivity contribution in [3.63, 3.8) is 0 Å². The first kappa shape index (κ1) is 12.6. The average molecular weight is 260 g/mol. The largest absolute Gasteiger partial charge is 0.477 e. The predicted octanol–water partition coefficient (Wildman–Crippen LogP) is 2.76. The zero-order chi connectivity index (χ0) is 12.1. The van der Waals surface area contributed by atoms with Crippen molar-refractivity contribution >= 4 is 11.6 Å². The van der Waals surface area contributed by atoms with Crippen molar-refractivity contribution in [2.24, 2.45) is 5.92 Å². The Kier molecular flexibility index (Phi) is 4.57. The summed E-state index contributed by atoms with van der Waals surface area (Å²) in [5.74, 6) is 0.735. The smallest absolute Gasteiger partial charge is 0.217 e. The summed E-state index contributed by atoms with van der Waals surface area (Å²) in [7, 11) is 0. The lowest BCUT2D eigenvalue weighted by atomic mass is 10.0. The van der Waals surface area contributed by atoms with Crippen molar-refractivity contribution in [1.29, 1.82) is 0 Å². The molecule has 0 radical (unpaired) electrons. The second-order valence-electron chi connectivity index (χ2n) is 4.12. The van der Waals surface area contributed by atoms with Gasteiger partial charge in [0.15, 0.2) is 0 Å². The third-order valence-electron chi connectivity index (χ3n) is 2.83. The predicted molar refractivity (Wildman–Crippen MR) is 62.8 cm³/mol. The third-order valence-corrected chi connectivity index (χ3v) is 3.12. The Labute approximate surface area is 105 Å². The van der Waals surface area contributed by atoms with E-state index in [2.05, 4.69) is 4.98 Å². The molecule has 0 spiro atoms. The van der Waals surface area contributed by atoms with Crippen LogP contribution in [0, 0.1) is 11.7 Å². The highest BCUT2D eigenvalue weighted by Gasteiger charge is 2.15. The third kappa shape index (κ3) is 3.54. The molecule has 1 aromatic rings. The van der Waals surface area contributed by atoms with Gasteiger partial charge in [0, 0.05) is 18.8 Å². The van der Waals surface area contributed by atoms with Crippen LogP contribution in [0.2, 0.25) is 0 Å². The number of rotatable bonds is 4. The lowest BCUT2D eigenvalue weighted by molar-refractivity contribution is 0.0489. The number of halogens is 2. The van der Waals surface area contributed by atoms with Crippen LogP contribution >= 0.6 is 11.6 Å². The zero-order valence-electron chi connectivity index (χ0n) is 9.49. The maximum Gasteiger partial charge on any atom is 0.217 e. The van der Waals surface area contributed by atoms with Gasteiger partial charge in [-0.05, 0) is 24.8 Å². The Morgan fingerprint density at radius 3 is 2.94 bits per heavy atom. The highest BCUT2D eigenvalue weighted by molar-refractivity contribution is 6.17. The molecule has 2 heterocycles. The Hall–Kier alpha value is -0.870. The first-order valence-corrected chi connectivity index (χ1v) is 6.24. The minimum absolute atomic E-state index is 0.202. The van der Waals surface area contributed by atoms with E-state index >= 15 is 0 Å². The maximum absolute atomic E-state index is 12.9. The van der Waals surface area contributed by atoms with Gasteiger partial charge in [0.1, 0.15) is 5.82 Å². The van der Waals surface area contributed by atoms with E-state index in [1.807, 2.05) is 0 Å². The molecule has 0 amide bonds. The summed E-state index contributed by atoms with van der Waals surface area (Å²) in [5, 5.41) is 0. The molecular weight excluding hydrogens is 245 g/mol. The van der Waals surface area contributed by atoms with Crippen molar-refractivity contribution in [2.45, 2.75) is 18.7 Å². The fourth-order valence-corrected chi connectivity index (χ4v) is 2.00. The molecule has 2 rings (SSSR count). The Bertz CT molecular complexity index is 370. The second-order valence-corrected chi connectivity index (χ2v) is 4.39. The monoisotopic (exact) mass is 259 g/mol. The van der Waals surface area contributed by atoms with E-state index in [0.29, 0.717) is 24.0 Å². The molecule has 3 nitrogen and oxygen atoms in total. The lowest BCUT2D eigenvalue weighted by Gasteiger charge is -2.22. The molecular formula is C12H15ClFNO2. The van der Waals surface area contributed by atoms with Gasteiger partial charge in [0.2, 0.25) is 5.88 Å². The normalized spacial score (nSPS) is 17.1. The van der Waals surface area contributed by atoms with E-state index in [1.54, 1.807) is 0 Å². The fourth-order valence-electron chi connectivity index (χ4n) is 1.80. The van der Waals surface area contributed by atoms with Crippen molar-refractivity contribution in [3.8, 4) is 5.88 Å². The second kappa shape index (κ2) is 6.17. The van der Waals surface area contributed by atoms with E-state index in [1.165, 1.54) is 6.07 Å². The SMILES string of the molecule is Fc1cnc(OCC2CCOCC2)c(CCl)c1. The number of nitrogens with zero attached hydrogens (tertiary/aromatic N) is 1. The van der Waals surface area contributed by atoms with Crippen molar-refractivity contribution in [1.82, 2.24) is 4.98 Å². The van der Waals surface area contributed by atoms with Crippen molar-refractivity contribution in [3.05, 3.63) is 23.6 Å². The van der Waals surface area contributed by atoms with E-state index in [-0.39, 0.29) is 11.7 Å². The molecule has 0 unspecified atom stereocenters. The van der Waals surface area contributed by atoms with E-state index < -0.39 is 0 Å². The molecule has 1 saturated heterocycles. The first-order valence-electron chi connectivity index (χ1n) is 5.70. The minimum atomic E-state index is -0.390. The van der Waals surface area contributed by atoms with Crippen LogP contribution in [0.15, 0.2) is 12.3 Å².